The summed E-state index contributed by atoms with van der Waals surface area (Å²) in [5.41, 5.74) is 3.28. The van der Waals surface area contributed by atoms with E-state index in [1.54, 1.807) is 0 Å². The summed E-state index contributed by atoms with van der Waals surface area (Å²) in [5.74, 6) is 0.911. The van der Waals surface area contributed by atoms with Crippen LogP contribution in [0.5, 0.6) is 0 Å². The minimum Gasteiger partial charge on any atom is -0.361 e. The molecule has 2 nitrogen and oxygen atoms in total. The highest BCUT2D eigenvalue weighted by atomic mass is 32.2. The van der Waals surface area contributed by atoms with Crippen LogP contribution in [0.25, 0.3) is 0 Å². The maximum atomic E-state index is 13.4. The number of hydrogen-bond acceptors (Lipinski definition) is 2. The van der Waals surface area contributed by atoms with E-state index in [2.05, 4.69) is 18.6 Å². The van der Waals surface area contributed by atoms with Gasteiger partial charge in [0, 0.05) is 0 Å². The van der Waals surface area contributed by atoms with Crippen molar-refractivity contribution in [2.45, 2.75) is 25.0 Å². The number of halogens is 1. The van der Waals surface area contributed by atoms with Crippen LogP contribution in [0.2, 0.25) is 0 Å². The van der Waals surface area contributed by atoms with Gasteiger partial charge in [0.1, 0.15) is 17.2 Å². The van der Waals surface area contributed by atoms with E-state index in [-0.39, 0.29) is 5.82 Å². The van der Waals surface area contributed by atoms with Crippen molar-refractivity contribution in [2.24, 2.45) is 0 Å². The maximum absolute atomic E-state index is 13.4. The Morgan fingerprint density at radius 3 is 2.62 bits per heavy atom. The molecule has 0 fully saturated rings. The number of nitrogens with zero attached hydrogens (tertiary/aromatic N) is 1. The van der Waals surface area contributed by atoms with Crippen molar-refractivity contribution < 1.29 is 9.13 Å². The molecule has 0 aromatic heterocycles. The molecule has 1 aliphatic heterocycles. The summed E-state index contributed by atoms with van der Waals surface area (Å²) < 4.78 is 19.7. The van der Waals surface area contributed by atoms with Crippen molar-refractivity contribution in [1.82, 2.24) is 0 Å². The average molecular weight is 342 g/mol. The van der Waals surface area contributed by atoms with Crippen molar-refractivity contribution in [3.63, 3.8) is 0 Å². The molecule has 2 aromatic carbocycles. The molecule has 0 saturated carbocycles. The van der Waals surface area contributed by atoms with Gasteiger partial charge in [-0.05, 0) is 64.7 Å². The van der Waals surface area contributed by atoms with Gasteiger partial charge in [0.15, 0.2) is 0 Å². The molecule has 0 aliphatic carbocycles. The third-order valence-electron chi connectivity index (χ3n) is 4.54. The lowest BCUT2D eigenvalue weighted by Crippen LogP contribution is -2.28. The number of rotatable bonds is 5. The number of nitriles is 1. The Kier molecular flexibility index (Phi) is 4.93. The molecular weight excluding hydrogens is 321 g/mol. The van der Waals surface area contributed by atoms with Gasteiger partial charge in [-0.25, -0.2) is 4.39 Å². The smallest absolute Gasteiger partial charge is 0.123 e. The van der Waals surface area contributed by atoms with Crippen LogP contribution in [-0.4, -0.2) is 18.3 Å². The Morgan fingerprint density at radius 2 is 1.96 bits per heavy atom. The first-order valence-corrected chi connectivity index (χ1v) is 10.2. The fraction of sp³-hybridized carbons (Fsp3) is 0.350. The van der Waals surface area contributed by atoms with Gasteiger partial charge < -0.3 is 4.74 Å². The normalized spacial score (nSPS) is 19.3. The zero-order valence-corrected chi connectivity index (χ0v) is 14.8. The lowest BCUT2D eigenvalue weighted by Gasteiger charge is -2.30. The third-order valence-corrected chi connectivity index (χ3v) is 5.64. The second-order valence-corrected chi connectivity index (χ2v) is 8.78. The SMILES string of the molecule is C[S+](C)CCC[C@@]1(c2ccc(F)cc2)OCc2cc(C#N)ccc21. The third kappa shape index (κ3) is 3.19. The summed E-state index contributed by atoms with van der Waals surface area (Å²) in [6.45, 7) is 0.492. The largest absolute Gasteiger partial charge is 0.361 e. The number of hydrogen-bond donors (Lipinski definition) is 0. The second-order valence-electron chi connectivity index (χ2n) is 6.40. The maximum Gasteiger partial charge on any atom is 0.123 e. The highest BCUT2D eigenvalue weighted by Gasteiger charge is 2.41. The molecule has 3 rings (SSSR count). The number of ether oxygens (including phenoxy) is 1. The van der Waals surface area contributed by atoms with Gasteiger partial charge in [-0.1, -0.05) is 18.2 Å². The van der Waals surface area contributed by atoms with E-state index in [0.717, 1.165) is 35.3 Å². The van der Waals surface area contributed by atoms with Crippen LogP contribution in [0.3, 0.4) is 0 Å². The molecule has 0 saturated heterocycles. The molecule has 24 heavy (non-hydrogen) atoms. The van der Waals surface area contributed by atoms with Gasteiger partial charge in [-0.2, -0.15) is 5.26 Å². The molecular formula is C20H21FNOS+. The van der Waals surface area contributed by atoms with Crippen LogP contribution in [0.15, 0.2) is 42.5 Å². The monoisotopic (exact) mass is 342 g/mol. The number of fused-ring (bicyclic) bond motifs is 1. The topological polar surface area (TPSA) is 33.0 Å². The Balaban J connectivity index is 2.02. The standard InChI is InChI=1S/C20H21FNOS/c1-24(2)11-3-10-20(17-5-7-18(21)8-6-17)19-9-4-15(13-22)12-16(19)14-23-20/h4-9,12H,3,10-11,14H2,1-2H3/q+1/t20-/m0/s1. The molecule has 1 heterocycles. The van der Waals surface area contributed by atoms with E-state index in [0.29, 0.717) is 23.1 Å². The lowest BCUT2D eigenvalue weighted by atomic mass is 9.82. The minimum absolute atomic E-state index is 0.240. The van der Waals surface area contributed by atoms with E-state index in [1.165, 1.54) is 12.1 Å². The summed E-state index contributed by atoms with van der Waals surface area (Å²) >= 11 is 0. The van der Waals surface area contributed by atoms with Gasteiger partial charge in [-0.3, -0.25) is 0 Å². The predicted molar refractivity (Wildman–Crippen MR) is 96.4 cm³/mol. The van der Waals surface area contributed by atoms with Crippen LogP contribution in [0.4, 0.5) is 4.39 Å². The first-order valence-electron chi connectivity index (χ1n) is 8.03. The Hall–Kier alpha value is -1.83. The Morgan fingerprint density at radius 1 is 1.21 bits per heavy atom. The van der Waals surface area contributed by atoms with E-state index < -0.39 is 5.60 Å². The zero-order valence-electron chi connectivity index (χ0n) is 14.0. The van der Waals surface area contributed by atoms with Crippen molar-refractivity contribution in [3.8, 4) is 6.07 Å². The molecule has 0 N–H and O–H groups in total. The van der Waals surface area contributed by atoms with Crippen molar-refractivity contribution in [1.29, 1.82) is 5.26 Å². The van der Waals surface area contributed by atoms with Crippen LogP contribution in [-0.2, 0) is 27.8 Å². The van der Waals surface area contributed by atoms with Gasteiger partial charge in [0.2, 0.25) is 0 Å². The first kappa shape index (κ1) is 17.0. The van der Waals surface area contributed by atoms with Crippen LogP contribution in [0.1, 0.15) is 35.1 Å². The quantitative estimate of drug-likeness (QED) is 0.766. The van der Waals surface area contributed by atoms with Gasteiger partial charge in [0.05, 0.1) is 30.8 Å². The highest BCUT2D eigenvalue weighted by molar-refractivity contribution is 7.95. The first-order chi connectivity index (χ1) is 11.5. The van der Waals surface area contributed by atoms with Crippen molar-refractivity contribution in [3.05, 3.63) is 70.5 Å². The van der Waals surface area contributed by atoms with E-state index in [9.17, 15) is 4.39 Å². The van der Waals surface area contributed by atoms with Gasteiger partial charge >= 0.3 is 0 Å². The average Bonchev–Trinajstić information content (AvgIpc) is 2.94. The molecule has 2 aromatic rings. The molecule has 1 atom stereocenters. The number of benzene rings is 2. The van der Waals surface area contributed by atoms with E-state index >= 15 is 0 Å². The summed E-state index contributed by atoms with van der Waals surface area (Å²) in [6, 6.07) is 14.6. The minimum atomic E-state index is -0.531. The van der Waals surface area contributed by atoms with Crippen LogP contribution in [0, 0.1) is 17.1 Å². The summed E-state index contributed by atoms with van der Waals surface area (Å²) in [7, 11) is 0.385. The zero-order chi connectivity index (χ0) is 17.2. The van der Waals surface area contributed by atoms with E-state index in [4.69, 9.17) is 10.00 Å². The Bertz CT molecular complexity index is 766. The Labute approximate surface area is 145 Å². The van der Waals surface area contributed by atoms with E-state index in [1.807, 2.05) is 30.3 Å². The van der Waals surface area contributed by atoms with Gasteiger partial charge in [-0.15, -0.1) is 0 Å². The molecule has 1 aliphatic rings. The molecule has 0 bridgehead atoms. The predicted octanol–water partition coefficient (Wildman–Crippen LogP) is 4.13. The van der Waals surface area contributed by atoms with Gasteiger partial charge in [0.25, 0.3) is 0 Å². The molecule has 0 unspecified atom stereocenters. The molecule has 0 spiro atoms. The fourth-order valence-corrected chi connectivity index (χ4v) is 4.10. The molecule has 4 heteroatoms. The fourth-order valence-electron chi connectivity index (χ4n) is 3.37. The highest BCUT2D eigenvalue weighted by Crippen LogP contribution is 2.45. The molecule has 124 valence electrons. The van der Waals surface area contributed by atoms with Crippen molar-refractivity contribution >= 4 is 10.9 Å². The summed E-state index contributed by atoms with van der Waals surface area (Å²) in [5, 5.41) is 9.12. The summed E-state index contributed by atoms with van der Waals surface area (Å²) in [4.78, 5) is 0. The van der Waals surface area contributed by atoms with Crippen LogP contribution >= 0.6 is 0 Å². The lowest BCUT2D eigenvalue weighted by molar-refractivity contribution is -0.0119. The second kappa shape index (κ2) is 6.96. The molecule has 0 amide bonds. The molecule has 0 radical (unpaired) electrons. The van der Waals surface area contributed by atoms with Crippen molar-refractivity contribution in [2.75, 3.05) is 18.3 Å². The summed E-state index contributed by atoms with van der Waals surface area (Å²) in [6.07, 6.45) is 6.40. The van der Waals surface area contributed by atoms with Crippen LogP contribution < -0.4 is 0 Å².